The zero-order chi connectivity index (χ0) is 18.8. The Morgan fingerprint density at radius 3 is 2.85 bits per heavy atom. The normalized spacial score (nSPS) is 10.8. The molecule has 0 fully saturated rings. The van der Waals surface area contributed by atoms with E-state index in [1.165, 1.54) is 11.3 Å². The van der Waals surface area contributed by atoms with Gasteiger partial charge in [-0.15, -0.1) is 11.3 Å². The van der Waals surface area contributed by atoms with E-state index in [1.54, 1.807) is 24.4 Å². The average molecular weight is 378 g/mol. The SMILES string of the molecule is O=C(Nc1cccc2ncccc12)c1c[nH]c(=O)n(Cc2cccs2)c1=O. The van der Waals surface area contributed by atoms with Gasteiger partial charge in [-0.1, -0.05) is 12.1 Å². The van der Waals surface area contributed by atoms with Crippen molar-refractivity contribution in [2.24, 2.45) is 0 Å². The number of nitrogens with zero attached hydrogens (tertiary/aromatic N) is 2. The Morgan fingerprint density at radius 2 is 2.04 bits per heavy atom. The van der Waals surface area contributed by atoms with Crippen LogP contribution in [0.4, 0.5) is 5.69 Å². The molecule has 4 rings (SSSR count). The summed E-state index contributed by atoms with van der Waals surface area (Å²) in [7, 11) is 0. The van der Waals surface area contributed by atoms with Gasteiger partial charge in [0.2, 0.25) is 0 Å². The first-order valence-electron chi connectivity index (χ1n) is 8.13. The highest BCUT2D eigenvalue weighted by molar-refractivity contribution is 7.09. The van der Waals surface area contributed by atoms with Crippen molar-refractivity contribution >= 4 is 33.8 Å². The highest BCUT2D eigenvalue weighted by Gasteiger charge is 2.16. The molecule has 0 aliphatic carbocycles. The number of aromatic nitrogens is 3. The molecule has 0 saturated heterocycles. The number of fused-ring (bicyclic) bond motifs is 1. The standard InChI is InChI=1S/C19H14N4O3S/c24-17(22-16-7-1-6-15-13(16)5-2-8-20-15)14-10-21-19(26)23(18(14)25)11-12-4-3-9-27-12/h1-10H,11H2,(H,21,26)(H,22,24). The van der Waals surface area contributed by atoms with E-state index in [-0.39, 0.29) is 12.1 Å². The first-order valence-corrected chi connectivity index (χ1v) is 9.01. The number of pyridine rings is 1. The minimum Gasteiger partial charge on any atom is -0.321 e. The number of anilines is 1. The zero-order valence-corrected chi connectivity index (χ0v) is 14.8. The Labute approximate surface area is 157 Å². The van der Waals surface area contributed by atoms with Gasteiger partial charge in [0.1, 0.15) is 5.56 Å². The highest BCUT2D eigenvalue weighted by atomic mass is 32.1. The van der Waals surface area contributed by atoms with Gasteiger partial charge in [-0.2, -0.15) is 0 Å². The van der Waals surface area contributed by atoms with E-state index in [0.717, 1.165) is 26.5 Å². The van der Waals surface area contributed by atoms with Gasteiger partial charge in [-0.3, -0.25) is 19.1 Å². The first-order chi connectivity index (χ1) is 13.1. The number of hydrogen-bond donors (Lipinski definition) is 2. The van der Waals surface area contributed by atoms with E-state index in [4.69, 9.17) is 0 Å². The minimum atomic E-state index is -0.636. The fourth-order valence-corrected chi connectivity index (χ4v) is 3.47. The molecule has 134 valence electrons. The van der Waals surface area contributed by atoms with Gasteiger partial charge in [0, 0.05) is 22.7 Å². The maximum absolute atomic E-state index is 12.7. The van der Waals surface area contributed by atoms with Crippen LogP contribution in [0, 0.1) is 0 Å². The number of carbonyl (C=O) groups is 1. The fourth-order valence-electron chi connectivity index (χ4n) is 2.78. The molecule has 0 bridgehead atoms. The van der Waals surface area contributed by atoms with Gasteiger partial charge in [-0.25, -0.2) is 4.79 Å². The van der Waals surface area contributed by atoms with Crippen molar-refractivity contribution in [3.63, 3.8) is 0 Å². The zero-order valence-electron chi connectivity index (χ0n) is 14.0. The summed E-state index contributed by atoms with van der Waals surface area (Å²) in [6, 6.07) is 12.6. The summed E-state index contributed by atoms with van der Waals surface area (Å²) >= 11 is 1.43. The van der Waals surface area contributed by atoms with Crippen molar-refractivity contribution in [1.82, 2.24) is 14.5 Å². The van der Waals surface area contributed by atoms with Crippen LogP contribution in [0.3, 0.4) is 0 Å². The van der Waals surface area contributed by atoms with Crippen molar-refractivity contribution in [3.05, 3.63) is 91.5 Å². The second-order valence-corrected chi connectivity index (χ2v) is 6.84. The van der Waals surface area contributed by atoms with Crippen molar-refractivity contribution in [3.8, 4) is 0 Å². The van der Waals surface area contributed by atoms with Crippen LogP contribution < -0.4 is 16.6 Å². The molecule has 0 unspecified atom stereocenters. The average Bonchev–Trinajstić information content (AvgIpc) is 3.18. The summed E-state index contributed by atoms with van der Waals surface area (Å²) in [6.45, 7) is 0.116. The Bertz CT molecular complexity index is 1240. The monoisotopic (exact) mass is 378 g/mol. The van der Waals surface area contributed by atoms with Crippen LogP contribution in [0.15, 0.2) is 69.8 Å². The molecule has 2 N–H and O–H groups in total. The Balaban J connectivity index is 1.70. The molecule has 1 aromatic carbocycles. The molecule has 8 heteroatoms. The molecule has 27 heavy (non-hydrogen) atoms. The number of amides is 1. The summed E-state index contributed by atoms with van der Waals surface area (Å²) in [4.78, 5) is 45.0. The summed E-state index contributed by atoms with van der Waals surface area (Å²) in [6.07, 6.45) is 2.81. The summed E-state index contributed by atoms with van der Waals surface area (Å²) < 4.78 is 1.02. The molecule has 3 aromatic heterocycles. The van der Waals surface area contributed by atoms with Gasteiger partial charge in [0.05, 0.1) is 17.7 Å². The maximum Gasteiger partial charge on any atom is 0.328 e. The molecule has 1 amide bonds. The number of aromatic amines is 1. The number of nitrogens with one attached hydrogen (secondary N) is 2. The summed E-state index contributed by atoms with van der Waals surface area (Å²) in [5, 5.41) is 5.36. The molecule has 0 saturated carbocycles. The van der Waals surface area contributed by atoms with Crippen molar-refractivity contribution in [1.29, 1.82) is 0 Å². The lowest BCUT2D eigenvalue weighted by Crippen LogP contribution is -2.39. The van der Waals surface area contributed by atoms with E-state index in [9.17, 15) is 14.4 Å². The molecule has 0 aliphatic rings. The third kappa shape index (κ3) is 3.30. The highest BCUT2D eigenvalue weighted by Crippen LogP contribution is 2.21. The lowest BCUT2D eigenvalue weighted by Gasteiger charge is -2.09. The number of thiophene rings is 1. The lowest BCUT2D eigenvalue weighted by atomic mass is 10.1. The maximum atomic E-state index is 12.7. The molecular weight excluding hydrogens is 364 g/mol. The van der Waals surface area contributed by atoms with Crippen LogP contribution in [0.1, 0.15) is 15.2 Å². The van der Waals surface area contributed by atoms with Gasteiger partial charge < -0.3 is 10.3 Å². The first kappa shape index (κ1) is 16.9. The van der Waals surface area contributed by atoms with Crippen molar-refractivity contribution in [2.75, 3.05) is 5.32 Å². The third-order valence-electron chi connectivity index (χ3n) is 4.09. The largest absolute Gasteiger partial charge is 0.328 e. The number of hydrogen-bond acceptors (Lipinski definition) is 5. The molecule has 4 aromatic rings. The van der Waals surface area contributed by atoms with E-state index in [0.29, 0.717) is 5.69 Å². The van der Waals surface area contributed by atoms with E-state index >= 15 is 0 Å². The summed E-state index contributed by atoms with van der Waals surface area (Å²) in [5.74, 6) is -0.590. The van der Waals surface area contributed by atoms with Crippen LogP contribution >= 0.6 is 11.3 Å². The smallest absolute Gasteiger partial charge is 0.321 e. The number of H-pyrrole nitrogens is 1. The second-order valence-electron chi connectivity index (χ2n) is 5.81. The lowest BCUT2D eigenvalue weighted by molar-refractivity contribution is 0.102. The van der Waals surface area contributed by atoms with Gasteiger partial charge in [0.15, 0.2) is 0 Å². The van der Waals surface area contributed by atoms with Gasteiger partial charge in [-0.05, 0) is 35.7 Å². The molecule has 3 heterocycles. The van der Waals surface area contributed by atoms with E-state index < -0.39 is 17.2 Å². The quantitative estimate of drug-likeness (QED) is 0.570. The van der Waals surface area contributed by atoms with Crippen LogP contribution in [0.2, 0.25) is 0 Å². The number of carbonyl (C=O) groups excluding carboxylic acids is 1. The Hall–Kier alpha value is -3.52. The predicted octanol–water partition coefficient (Wildman–Crippen LogP) is 2.45. The summed E-state index contributed by atoms with van der Waals surface area (Å²) in [5.41, 5.74) is -0.0535. The van der Waals surface area contributed by atoms with Gasteiger partial charge >= 0.3 is 5.69 Å². The number of benzene rings is 1. The van der Waals surface area contributed by atoms with Crippen molar-refractivity contribution < 1.29 is 4.79 Å². The van der Waals surface area contributed by atoms with Gasteiger partial charge in [0.25, 0.3) is 11.5 Å². The van der Waals surface area contributed by atoms with Crippen LogP contribution in [0.5, 0.6) is 0 Å². The molecule has 0 spiro atoms. The molecular formula is C19H14N4O3S. The molecule has 0 radical (unpaired) electrons. The topological polar surface area (TPSA) is 96.8 Å². The van der Waals surface area contributed by atoms with E-state index in [2.05, 4.69) is 15.3 Å². The molecule has 7 nitrogen and oxygen atoms in total. The number of rotatable bonds is 4. The predicted molar refractivity (Wildman–Crippen MR) is 104 cm³/mol. The molecule has 0 atom stereocenters. The van der Waals surface area contributed by atoms with Crippen LogP contribution in [0.25, 0.3) is 10.9 Å². The Kier molecular flexibility index (Phi) is 4.39. The Morgan fingerprint density at radius 1 is 1.15 bits per heavy atom. The van der Waals surface area contributed by atoms with Crippen LogP contribution in [-0.4, -0.2) is 20.4 Å². The third-order valence-corrected chi connectivity index (χ3v) is 4.95. The second kappa shape index (κ2) is 7.00. The minimum absolute atomic E-state index is 0.116. The van der Waals surface area contributed by atoms with Crippen molar-refractivity contribution in [2.45, 2.75) is 6.54 Å². The molecule has 0 aliphatic heterocycles. The van der Waals surface area contributed by atoms with E-state index in [1.807, 2.05) is 29.6 Å². The fraction of sp³-hybridized carbons (Fsp3) is 0.0526. The van der Waals surface area contributed by atoms with Crippen LogP contribution in [-0.2, 0) is 6.54 Å².